The van der Waals surface area contributed by atoms with E-state index in [9.17, 15) is 0 Å². The predicted octanol–water partition coefficient (Wildman–Crippen LogP) is 18.6. The largest absolute Gasteiger partial charge is 0.311 e. The minimum Gasteiger partial charge on any atom is -0.311 e. The average molecular weight is 1010 g/mol. The van der Waals surface area contributed by atoms with Crippen molar-refractivity contribution in [1.82, 2.24) is 0 Å². The van der Waals surface area contributed by atoms with Crippen molar-refractivity contribution in [3.8, 4) is 0 Å². The van der Waals surface area contributed by atoms with Gasteiger partial charge in [0.05, 0.1) is 17.1 Å². The van der Waals surface area contributed by atoms with Crippen LogP contribution in [-0.2, 0) is 32.5 Å². The standard InChI is InChI=1S/C72H88BN3/c1-43-32-49(67(7,8)9)33-44(2)64(43)74(53-26-24-23-25-27-53)54-28-29-57-59(40-54)75(65-45(3)34-50(35-46(65)4)68(10,11)12)61-38-52(70(16,17)18)39-62-63(61)73(57)58-41-55-56(72(21,22)31-30-71(55,19)20)42-60(58)76(62)66-47(5)36-51(37-48(66)6)69(13,14)15/h23-29,32-42H,30-31H2,1-22H3. The van der Waals surface area contributed by atoms with Crippen LogP contribution in [0.15, 0.2) is 109 Å². The molecule has 1 aliphatic carbocycles. The maximum atomic E-state index is 2.73. The van der Waals surface area contributed by atoms with Crippen LogP contribution < -0.4 is 31.1 Å². The van der Waals surface area contributed by atoms with E-state index in [1.54, 1.807) is 0 Å². The van der Waals surface area contributed by atoms with Gasteiger partial charge in [0.15, 0.2) is 0 Å². The summed E-state index contributed by atoms with van der Waals surface area (Å²) in [7, 11) is 0. The summed E-state index contributed by atoms with van der Waals surface area (Å²) in [5, 5.41) is 0. The van der Waals surface area contributed by atoms with Crippen LogP contribution in [0.2, 0.25) is 0 Å². The van der Waals surface area contributed by atoms with Crippen LogP contribution in [-0.4, -0.2) is 6.71 Å². The van der Waals surface area contributed by atoms with Gasteiger partial charge >= 0.3 is 0 Å². The van der Waals surface area contributed by atoms with E-state index < -0.39 is 0 Å². The van der Waals surface area contributed by atoms with Gasteiger partial charge in [-0.1, -0.05) is 178 Å². The van der Waals surface area contributed by atoms with E-state index in [-0.39, 0.29) is 39.2 Å². The Labute approximate surface area is 460 Å². The molecule has 0 aromatic heterocycles. The molecule has 0 saturated carbocycles. The van der Waals surface area contributed by atoms with Crippen molar-refractivity contribution in [1.29, 1.82) is 0 Å². The highest BCUT2D eigenvalue weighted by Gasteiger charge is 2.48. The Morgan fingerprint density at radius 1 is 0.395 bits per heavy atom. The Morgan fingerprint density at radius 3 is 1.20 bits per heavy atom. The zero-order valence-electron chi connectivity index (χ0n) is 50.7. The fraction of sp³-hybridized carbons (Fsp3) is 0.417. The zero-order chi connectivity index (χ0) is 55.3. The summed E-state index contributed by atoms with van der Waals surface area (Å²) in [6.07, 6.45) is 2.32. The van der Waals surface area contributed by atoms with E-state index >= 15 is 0 Å². The number of anilines is 9. The van der Waals surface area contributed by atoms with Crippen molar-refractivity contribution in [3.05, 3.63) is 176 Å². The molecular weight excluding hydrogens is 918 g/mol. The topological polar surface area (TPSA) is 9.72 Å². The van der Waals surface area contributed by atoms with Crippen LogP contribution in [0.5, 0.6) is 0 Å². The number of benzene rings is 7. The van der Waals surface area contributed by atoms with Crippen molar-refractivity contribution < 1.29 is 0 Å². The van der Waals surface area contributed by atoms with Crippen molar-refractivity contribution in [2.45, 2.75) is 198 Å². The molecule has 3 nitrogen and oxygen atoms in total. The lowest BCUT2D eigenvalue weighted by molar-refractivity contribution is 0.332. The maximum absolute atomic E-state index is 2.73. The first-order valence-electron chi connectivity index (χ1n) is 28.5. The van der Waals surface area contributed by atoms with E-state index in [1.807, 2.05) is 0 Å². The first-order valence-corrected chi connectivity index (χ1v) is 28.5. The Balaban J connectivity index is 1.37. The van der Waals surface area contributed by atoms with E-state index in [0.29, 0.717) is 0 Å². The average Bonchev–Trinajstić information content (AvgIpc) is 3.30. The predicted molar refractivity (Wildman–Crippen MR) is 334 cm³/mol. The summed E-state index contributed by atoms with van der Waals surface area (Å²) in [6, 6.07) is 43.9. The number of aryl methyl sites for hydroxylation is 6. The molecular formula is C72H88BN3. The second-order valence-corrected chi connectivity index (χ2v) is 29.0. The number of fused-ring (bicyclic) bond motifs is 5. The van der Waals surface area contributed by atoms with E-state index in [0.717, 1.165) is 24.2 Å². The molecule has 7 aromatic rings. The van der Waals surface area contributed by atoms with E-state index in [1.165, 1.54) is 123 Å². The summed E-state index contributed by atoms with van der Waals surface area (Å²) in [5.74, 6) is 0. The molecule has 4 heteroatoms. The molecule has 0 radical (unpaired) electrons. The lowest BCUT2D eigenvalue weighted by Gasteiger charge is -2.48. The van der Waals surface area contributed by atoms with Crippen molar-refractivity contribution >= 4 is 74.3 Å². The lowest BCUT2D eigenvalue weighted by Crippen LogP contribution is -2.62. The Morgan fingerprint density at radius 2 is 0.776 bits per heavy atom. The second-order valence-electron chi connectivity index (χ2n) is 29.0. The quantitative estimate of drug-likeness (QED) is 0.159. The summed E-state index contributed by atoms with van der Waals surface area (Å²) in [4.78, 5) is 7.98. The summed E-state index contributed by atoms with van der Waals surface area (Å²) in [6.45, 7) is 52.2. The number of hydrogen-bond donors (Lipinski definition) is 0. The van der Waals surface area contributed by atoms with Gasteiger partial charge in [-0.3, -0.25) is 0 Å². The van der Waals surface area contributed by atoms with Crippen LogP contribution in [0.3, 0.4) is 0 Å². The second kappa shape index (κ2) is 17.8. The molecule has 3 aliphatic rings. The van der Waals surface area contributed by atoms with E-state index in [4.69, 9.17) is 0 Å². The van der Waals surface area contributed by atoms with Crippen LogP contribution in [0.1, 0.15) is 190 Å². The fourth-order valence-electron chi connectivity index (χ4n) is 13.3. The molecule has 2 aliphatic heterocycles. The molecule has 7 aromatic carbocycles. The highest BCUT2D eigenvalue weighted by atomic mass is 15.2. The Hall–Kier alpha value is -6.00. The van der Waals surface area contributed by atoms with Crippen molar-refractivity contribution in [3.63, 3.8) is 0 Å². The molecule has 76 heavy (non-hydrogen) atoms. The SMILES string of the molecule is Cc1cc(C(C)(C)C)cc(C)c1N(c1ccccc1)c1ccc2c(c1)N(c1c(C)cc(C(C)(C)C)cc1C)c1cc(C(C)(C)C)cc3c1B2c1cc2c(cc1N3c1c(C)cc(C(C)(C)C)cc1C)C(C)(C)CCC2(C)C. The number of para-hydroxylation sites is 1. The van der Waals surface area contributed by atoms with Crippen molar-refractivity contribution in [2.24, 2.45) is 0 Å². The molecule has 0 amide bonds. The summed E-state index contributed by atoms with van der Waals surface area (Å²) >= 11 is 0. The first-order chi connectivity index (χ1) is 35.2. The third-order valence-electron chi connectivity index (χ3n) is 17.9. The first kappa shape index (κ1) is 53.4. The smallest absolute Gasteiger partial charge is 0.252 e. The number of nitrogens with zero attached hydrogens (tertiary/aromatic N) is 3. The van der Waals surface area contributed by atoms with Gasteiger partial charge in [-0.05, 0) is 212 Å². The van der Waals surface area contributed by atoms with Gasteiger partial charge in [-0.2, -0.15) is 0 Å². The van der Waals surface area contributed by atoms with Gasteiger partial charge in [0.2, 0.25) is 0 Å². The minimum atomic E-state index is -0.151. The van der Waals surface area contributed by atoms with Crippen molar-refractivity contribution in [2.75, 3.05) is 14.7 Å². The van der Waals surface area contributed by atoms with Crippen LogP contribution in [0.25, 0.3) is 0 Å². The molecule has 10 rings (SSSR count). The molecule has 0 atom stereocenters. The molecule has 0 unspecified atom stereocenters. The fourth-order valence-corrected chi connectivity index (χ4v) is 13.3. The Bertz CT molecular complexity index is 3420. The highest BCUT2D eigenvalue weighted by Crippen LogP contribution is 2.54. The normalized spacial score (nSPS) is 15.8. The van der Waals surface area contributed by atoms with Crippen LogP contribution in [0, 0.1) is 41.5 Å². The molecule has 0 spiro atoms. The van der Waals surface area contributed by atoms with Crippen LogP contribution in [0.4, 0.5) is 51.2 Å². The molecule has 0 N–H and O–H groups in total. The highest BCUT2D eigenvalue weighted by molar-refractivity contribution is 7.00. The third kappa shape index (κ3) is 8.82. The molecule has 394 valence electrons. The van der Waals surface area contributed by atoms with Gasteiger partial charge in [0.25, 0.3) is 6.71 Å². The van der Waals surface area contributed by atoms with Gasteiger partial charge in [0, 0.05) is 34.1 Å². The van der Waals surface area contributed by atoms with Gasteiger partial charge < -0.3 is 14.7 Å². The zero-order valence-corrected chi connectivity index (χ0v) is 50.7. The van der Waals surface area contributed by atoms with Gasteiger partial charge in [-0.15, -0.1) is 0 Å². The summed E-state index contributed by atoms with van der Waals surface area (Å²) < 4.78 is 0. The number of rotatable bonds is 5. The molecule has 2 heterocycles. The monoisotopic (exact) mass is 1010 g/mol. The lowest BCUT2D eigenvalue weighted by atomic mass is 9.33. The van der Waals surface area contributed by atoms with Gasteiger partial charge in [-0.25, -0.2) is 0 Å². The van der Waals surface area contributed by atoms with Gasteiger partial charge in [0.1, 0.15) is 0 Å². The third-order valence-corrected chi connectivity index (χ3v) is 17.9. The maximum Gasteiger partial charge on any atom is 0.252 e. The number of hydrogen-bond acceptors (Lipinski definition) is 3. The van der Waals surface area contributed by atoms with E-state index in [2.05, 4.69) is 276 Å². The Kier molecular flexibility index (Phi) is 12.5. The minimum absolute atomic E-state index is 0.00414. The van der Waals surface area contributed by atoms with Crippen LogP contribution >= 0.6 is 0 Å². The molecule has 0 bridgehead atoms. The summed E-state index contributed by atoms with van der Waals surface area (Å²) in [5.41, 5.74) is 31.4. The molecule has 0 fully saturated rings. The molecule has 0 saturated heterocycles.